The summed E-state index contributed by atoms with van der Waals surface area (Å²) >= 11 is 0. The van der Waals surface area contributed by atoms with Crippen LogP contribution in [0.5, 0.6) is 0 Å². The molecule has 0 bridgehead atoms. The molecule has 2 aromatic carbocycles. The number of nitrogens with zero attached hydrogens (tertiary/aromatic N) is 3. The molecule has 0 radical (unpaired) electrons. The number of carbonyl (C=O) groups is 1. The molecule has 0 saturated heterocycles. The van der Waals surface area contributed by atoms with Gasteiger partial charge in [-0.15, -0.1) is 0 Å². The zero-order valence-corrected chi connectivity index (χ0v) is 11.2. The average Bonchev–Trinajstić information content (AvgIpc) is 2.55. The second kappa shape index (κ2) is 4.03. The maximum Gasteiger partial charge on any atom is 0.276 e. The molecule has 2 heterocycles. The summed E-state index contributed by atoms with van der Waals surface area (Å²) in [6, 6.07) is 17.4. The predicted octanol–water partition coefficient (Wildman–Crippen LogP) is 2.45. The lowest BCUT2D eigenvalue weighted by Crippen LogP contribution is -2.52. The quantitative estimate of drug-likeness (QED) is 0.740. The highest BCUT2D eigenvalue weighted by Gasteiger charge is 2.49. The van der Waals surface area contributed by atoms with Crippen LogP contribution in [0.25, 0.3) is 0 Å². The van der Waals surface area contributed by atoms with E-state index in [0.29, 0.717) is 12.0 Å². The van der Waals surface area contributed by atoms with E-state index in [1.807, 2.05) is 42.5 Å². The Balaban J connectivity index is 2.01. The van der Waals surface area contributed by atoms with Crippen molar-refractivity contribution in [1.82, 2.24) is 5.01 Å². The van der Waals surface area contributed by atoms with Gasteiger partial charge in [0.2, 0.25) is 0 Å². The zero-order valence-electron chi connectivity index (χ0n) is 11.2. The van der Waals surface area contributed by atoms with Gasteiger partial charge in [-0.25, -0.2) is 5.01 Å². The minimum atomic E-state index is -1.04. The first-order valence-electron chi connectivity index (χ1n) is 6.73. The van der Waals surface area contributed by atoms with Crippen LogP contribution in [0, 0.1) is 11.3 Å². The van der Waals surface area contributed by atoms with Crippen LogP contribution in [0.4, 0.5) is 0 Å². The lowest BCUT2D eigenvalue weighted by molar-refractivity contribution is 0.0541. The Hall–Kier alpha value is -2.93. The molecule has 0 aliphatic carbocycles. The first-order valence-corrected chi connectivity index (χ1v) is 6.73. The van der Waals surface area contributed by atoms with Gasteiger partial charge in [-0.05, 0) is 11.6 Å². The van der Waals surface area contributed by atoms with E-state index in [1.54, 1.807) is 12.3 Å². The Kier molecular flexibility index (Phi) is 2.28. The fourth-order valence-corrected chi connectivity index (χ4v) is 3.13. The van der Waals surface area contributed by atoms with Gasteiger partial charge in [0.15, 0.2) is 5.54 Å². The molecule has 0 aromatic heterocycles. The van der Waals surface area contributed by atoms with Gasteiger partial charge in [-0.2, -0.15) is 10.4 Å². The number of benzene rings is 2. The lowest BCUT2D eigenvalue weighted by Gasteiger charge is -2.42. The molecular formula is C17H11N3O. The van der Waals surface area contributed by atoms with Gasteiger partial charge in [0.05, 0.1) is 12.3 Å². The van der Waals surface area contributed by atoms with Crippen LogP contribution in [0.2, 0.25) is 0 Å². The molecule has 4 heteroatoms. The van der Waals surface area contributed by atoms with E-state index in [1.165, 1.54) is 5.01 Å². The fourth-order valence-electron chi connectivity index (χ4n) is 3.13. The predicted molar refractivity (Wildman–Crippen MR) is 77.6 cm³/mol. The summed E-state index contributed by atoms with van der Waals surface area (Å²) < 4.78 is 0. The van der Waals surface area contributed by atoms with Crippen molar-refractivity contribution in [2.45, 2.75) is 12.0 Å². The van der Waals surface area contributed by atoms with Gasteiger partial charge in [0.25, 0.3) is 5.91 Å². The smallest absolute Gasteiger partial charge is 0.267 e. The maximum atomic E-state index is 12.7. The van der Waals surface area contributed by atoms with Crippen molar-refractivity contribution < 1.29 is 4.79 Å². The number of hydrogen-bond donors (Lipinski definition) is 0. The van der Waals surface area contributed by atoms with Gasteiger partial charge in [0.1, 0.15) is 0 Å². The van der Waals surface area contributed by atoms with E-state index < -0.39 is 5.54 Å². The van der Waals surface area contributed by atoms with Gasteiger partial charge in [-0.1, -0.05) is 42.5 Å². The second-order valence-electron chi connectivity index (χ2n) is 5.25. The SMILES string of the molecule is N#CC12Cc3ccccc3C(=O)N1N=Cc1ccccc12. The molecule has 0 spiro atoms. The number of hydrogen-bond acceptors (Lipinski definition) is 3. The molecule has 2 aromatic rings. The first-order chi connectivity index (χ1) is 10.3. The summed E-state index contributed by atoms with van der Waals surface area (Å²) in [6.45, 7) is 0. The van der Waals surface area contributed by atoms with Crippen molar-refractivity contribution in [3.63, 3.8) is 0 Å². The van der Waals surface area contributed by atoms with E-state index in [4.69, 9.17) is 0 Å². The molecule has 1 atom stereocenters. The van der Waals surface area contributed by atoms with Crippen molar-refractivity contribution in [3.05, 3.63) is 70.8 Å². The van der Waals surface area contributed by atoms with Gasteiger partial charge < -0.3 is 0 Å². The van der Waals surface area contributed by atoms with Crippen LogP contribution in [-0.2, 0) is 12.0 Å². The summed E-state index contributed by atoms with van der Waals surface area (Å²) in [4.78, 5) is 12.7. The van der Waals surface area contributed by atoms with Crippen molar-refractivity contribution in [3.8, 4) is 6.07 Å². The number of amides is 1. The third kappa shape index (κ3) is 1.43. The van der Waals surface area contributed by atoms with Crippen LogP contribution < -0.4 is 0 Å². The minimum Gasteiger partial charge on any atom is -0.267 e. The topological polar surface area (TPSA) is 56.5 Å². The first kappa shape index (κ1) is 11.9. The average molecular weight is 273 g/mol. The Morgan fingerprint density at radius 1 is 1.14 bits per heavy atom. The number of rotatable bonds is 0. The molecule has 1 amide bonds. The normalized spacial score (nSPS) is 22.0. The third-order valence-electron chi connectivity index (χ3n) is 4.15. The van der Waals surface area contributed by atoms with Crippen LogP contribution >= 0.6 is 0 Å². The molecule has 2 aliphatic heterocycles. The highest BCUT2D eigenvalue weighted by Crippen LogP contribution is 2.41. The molecule has 4 rings (SSSR count). The van der Waals surface area contributed by atoms with Gasteiger partial charge in [0, 0.05) is 23.1 Å². The van der Waals surface area contributed by atoms with E-state index in [0.717, 1.165) is 16.7 Å². The zero-order chi connectivity index (χ0) is 14.4. The summed E-state index contributed by atoms with van der Waals surface area (Å²) in [7, 11) is 0. The second-order valence-corrected chi connectivity index (χ2v) is 5.25. The summed E-state index contributed by atoms with van der Waals surface area (Å²) in [5.41, 5.74) is 2.21. The number of carbonyl (C=O) groups excluding carboxylic acids is 1. The summed E-state index contributed by atoms with van der Waals surface area (Å²) in [6.07, 6.45) is 2.11. The third-order valence-corrected chi connectivity index (χ3v) is 4.15. The maximum absolute atomic E-state index is 12.7. The highest BCUT2D eigenvalue weighted by molar-refractivity contribution is 6.00. The molecule has 21 heavy (non-hydrogen) atoms. The highest BCUT2D eigenvalue weighted by atomic mass is 16.2. The van der Waals surface area contributed by atoms with Crippen molar-refractivity contribution in [1.29, 1.82) is 5.26 Å². The molecule has 0 N–H and O–H groups in total. The fraction of sp³-hybridized carbons (Fsp3) is 0.118. The largest absolute Gasteiger partial charge is 0.276 e. The van der Waals surface area contributed by atoms with Crippen LogP contribution in [0.1, 0.15) is 27.0 Å². The van der Waals surface area contributed by atoms with Gasteiger partial charge >= 0.3 is 0 Å². The van der Waals surface area contributed by atoms with Gasteiger partial charge in [-0.3, -0.25) is 4.79 Å². The summed E-state index contributed by atoms with van der Waals surface area (Å²) in [5, 5.41) is 15.4. The number of fused-ring (bicyclic) bond motifs is 4. The Morgan fingerprint density at radius 3 is 2.76 bits per heavy atom. The van der Waals surface area contributed by atoms with Crippen molar-refractivity contribution in [2.75, 3.05) is 0 Å². The lowest BCUT2D eigenvalue weighted by atomic mass is 9.77. The number of nitriles is 1. The monoisotopic (exact) mass is 273 g/mol. The molecule has 2 aliphatic rings. The molecule has 4 nitrogen and oxygen atoms in total. The minimum absolute atomic E-state index is 0.218. The van der Waals surface area contributed by atoms with E-state index in [2.05, 4.69) is 11.2 Å². The Bertz CT molecular complexity index is 834. The summed E-state index contributed by atoms with van der Waals surface area (Å²) in [5.74, 6) is -0.218. The van der Waals surface area contributed by atoms with E-state index in [9.17, 15) is 10.1 Å². The van der Waals surface area contributed by atoms with E-state index in [-0.39, 0.29) is 5.91 Å². The Labute approximate surface area is 121 Å². The number of hydrazone groups is 1. The molecule has 100 valence electrons. The van der Waals surface area contributed by atoms with E-state index >= 15 is 0 Å². The van der Waals surface area contributed by atoms with Crippen molar-refractivity contribution in [2.24, 2.45) is 5.10 Å². The molecular weight excluding hydrogens is 262 g/mol. The molecule has 1 unspecified atom stereocenters. The van der Waals surface area contributed by atoms with Crippen molar-refractivity contribution >= 4 is 12.1 Å². The van der Waals surface area contributed by atoms with Crippen LogP contribution in [-0.4, -0.2) is 17.1 Å². The molecule has 0 fully saturated rings. The van der Waals surface area contributed by atoms with Crippen LogP contribution in [0.15, 0.2) is 53.6 Å². The Morgan fingerprint density at radius 2 is 1.90 bits per heavy atom. The molecule has 0 saturated carbocycles. The van der Waals surface area contributed by atoms with Crippen LogP contribution in [0.3, 0.4) is 0 Å². The standard InChI is InChI=1S/C17H11N3O/c18-11-17-9-12-5-1-3-7-14(12)16(21)20(17)19-10-13-6-2-4-8-15(13)17/h1-8,10H,9H2.